The molecule has 0 spiro atoms. The summed E-state index contributed by atoms with van der Waals surface area (Å²) in [5.41, 5.74) is 2.66. The lowest BCUT2D eigenvalue weighted by atomic mass is 10.1. The molecule has 0 fully saturated rings. The van der Waals surface area contributed by atoms with E-state index in [9.17, 15) is 0 Å². The summed E-state index contributed by atoms with van der Waals surface area (Å²) in [5, 5.41) is 1.30. The van der Waals surface area contributed by atoms with E-state index in [4.69, 9.17) is 0 Å². The third-order valence-electron chi connectivity index (χ3n) is 2.63. The first-order valence-electron chi connectivity index (χ1n) is 4.85. The van der Waals surface area contributed by atoms with Crippen molar-refractivity contribution < 1.29 is 0 Å². The minimum Gasteiger partial charge on any atom is -0.346 e. The van der Waals surface area contributed by atoms with Crippen LogP contribution in [0.25, 0.3) is 10.9 Å². The number of nitrogens with zero attached hydrogens (tertiary/aromatic N) is 1. The van der Waals surface area contributed by atoms with Crippen LogP contribution in [0.15, 0.2) is 28.7 Å². The molecule has 0 unspecified atom stereocenters. The van der Waals surface area contributed by atoms with E-state index in [0.29, 0.717) is 5.92 Å². The lowest BCUT2D eigenvalue weighted by Gasteiger charge is -2.07. The smallest absolute Gasteiger partial charge is 0.0491 e. The van der Waals surface area contributed by atoms with E-state index >= 15 is 0 Å². The van der Waals surface area contributed by atoms with Gasteiger partial charge in [0.05, 0.1) is 0 Å². The van der Waals surface area contributed by atoms with Crippen molar-refractivity contribution in [3.05, 3.63) is 34.4 Å². The molecule has 1 aromatic heterocycles. The Balaban J connectivity index is 2.85. The summed E-state index contributed by atoms with van der Waals surface area (Å²) < 4.78 is 3.51. The van der Waals surface area contributed by atoms with Crippen LogP contribution in [0.5, 0.6) is 0 Å². The highest BCUT2D eigenvalue weighted by atomic mass is 79.9. The monoisotopic (exact) mass is 251 g/mol. The van der Waals surface area contributed by atoms with Crippen molar-refractivity contribution in [2.24, 2.45) is 7.05 Å². The second-order valence-corrected chi connectivity index (χ2v) is 4.72. The topological polar surface area (TPSA) is 4.93 Å². The van der Waals surface area contributed by atoms with Crippen LogP contribution in [-0.4, -0.2) is 4.57 Å². The van der Waals surface area contributed by atoms with Crippen LogP contribution in [-0.2, 0) is 7.05 Å². The number of aromatic nitrogens is 1. The van der Waals surface area contributed by atoms with E-state index in [2.05, 4.69) is 65.7 Å². The molecule has 0 N–H and O–H groups in total. The van der Waals surface area contributed by atoms with E-state index in [1.807, 2.05) is 0 Å². The largest absolute Gasteiger partial charge is 0.346 e. The summed E-state index contributed by atoms with van der Waals surface area (Å²) in [7, 11) is 2.13. The maximum atomic E-state index is 3.68. The Hall–Kier alpha value is -0.760. The minimum absolute atomic E-state index is 0.543. The first kappa shape index (κ1) is 9.78. The van der Waals surface area contributed by atoms with Crippen molar-refractivity contribution in [1.82, 2.24) is 4.57 Å². The van der Waals surface area contributed by atoms with Crippen LogP contribution in [0.1, 0.15) is 25.5 Å². The molecular formula is C12H14BrN. The first-order chi connectivity index (χ1) is 6.63. The molecule has 0 saturated heterocycles. The number of halogens is 1. The molecule has 2 rings (SSSR count). The summed E-state index contributed by atoms with van der Waals surface area (Å²) in [4.78, 5) is 0. The van der Waals surface area contributed by atoms with Crippen molar-refractivity contribution >= 4 is 26.8 Å². The SMILES string of the molecule is CC(C)c1c(Br)c2ccccc2n1C. The predicted octanol–water partition coefficient (Wildman–Crippen LogP) is 4.06. The molecule has 74 valence electrons. The molecule has 0 aliphatic heterocycles. The van der Waals surface area contributed by atoms with Crippen LogP contribution in [0.3, 0.4) is 0 Å². The molecule has 1 aromatic carbocycles. The van der Waals surface area contributed by atoms with Gasteiger partial charge < -0.3 is 4.57 Å². The van der Waals surface area contributed by atoms with Crippen molar-refractivity contribution in [2.45, 2.75) is 19.8 Å². The quantitative estimate of drug-likeness (QED) is 0.721. The van der Waals surface area contributed by atoms with Crippen LogP contribution >= 0.6 is 15.9 Å². The van der Waals surface area contributed by atoms with E-state index in [0.717, 1.165) is 0 Å². The molecule has 0 saturated carbocycles. The number of aryl methyl sites for hydroxylation is 1. The summed E-state index contributed by atoms with van der Waals surface area (Å²) >= 11 is 3.68. The first-order valence-corrected chi connectivity index (χ1v) is 5.65. The van der Waals surface area contributed by atoms with Crippen molar-refractivity contribution in [1.29, 1.82) is 0 Å². The minimum atomic E-state index is 0.543. The molecule has 0 aliphatic carbocycles. The van der Waals surface area contributed by atoms with Crippen molar-refractivity contribution in [3.63, 3.8) is 0 Å². The zero-order valence-electron chi connectivity index (χ0n) is 8.71. The number of fused-ring (bicyclic) bond motifs is 1. The van der Waals surface area contributed by atoms with Crippen molar-refractivity contribution in [3.8, 4) is 0 Å². The highest BCUT2D eigenvalue weighted by Gasteiger charge is 2.14. The summed E-state index contributed by atoms with van der Waals surface area (Å²) in [6, 6.07) is 8.48. The molecular weight excluding hydrogens is 238 g/mol. The van der Waals surface area contributed by atoms with E-state index in [1.54, 1.807) is 0 Å². The Bertz CT molecular complexity index is 429. The molecule has 1 nitrogen and oxygen atoms in total. The van der Waals surface area contributed by atoms with Gasteiger partial charge in [0.1, 0.15) is 0 Å². The Morgan fingerprint density at radius 1 is 1.21 bits per heavy atom. The average molecular weight is 252 g/mol. The Kier molecular flexibility index (Phi) is 2.40. The third kappa shape index (κ3) is 1.29. The van der Waals surface area contributed by atoms with E-state index < -0.39 is 0 Å². The lowest BCUT2D eigenvalue weighted by molar-refractivity contribution is 0.750. The number of rotatable bonds is 1. The number of para-hydroxylation sites is 1. The van der Waals surface area contributed by atoms with Crippen LogP contribution in [0, 0.1) is 0 Å². The molecule has 0 atom stereocenters. The van der Waals surface area contributed by atoms with Gasteiger partial charge in [-0.1, -0.05) is 32.0 Å². The highest BCUT2D eigenvalue weighted by Crippen LogP contribution is 2.34. The Labute approximate surface area is 92.9 Å². The molecule has 2 heteroatoms. The fourth-order valence-corrected chi connectivity index (χ4v) is 3.07. The van der Waals surface area contributed by atoms with Gasteiger partial charge in [-0.2, -0.15) is 0 Å². The summed E-state index contributed by atoms with van der Waals surface area (Å²) in [6.07, 6.45) is 0. The van der Waals surface area contributed by atoms with Gasteiger partial charge in [-0.05, 0) is 27.9 Å². The maximum absolute atomic E-state index is 3.68. The van der Waals surface area contributed by atoms with Crippen LogP contribution in [0.2, 0.25) is 0 Å². The van der Waals surface area contributed by atoms with Gasteiger partial charge in [0.25, 0.3) is 0 Å². The van der Waals surface area contributed by atoms with Gasteiger partial charge in [-0.15, -0.1) is 0 Å². The Morgan fingerprint density at radius 2 is 1.86 bits per heavy atom. The Morgan fingerprint density at radius 3 is 2.43 bits per heavy atom. The van der Waals surface area contributed by atoms with E-state index in [1.165, 1.54) is 21.1 Å². The second kappa shape index (κ2) is 3.43. The van der Waals surface area contributed by atoms with E-state index in [-0.39, 0.29) is 0 Å². The fraction of sp³-hybridized carbons (Fsp3) is 0.333. The van der Waals surface area contributed by atoms with Crippen molar-refractivity contribution in [2.75, 3.05) is 0 Å². The number of benzene rings is 1. The zero-order valence-corrected chi connectivity index (χ0v) is 10.3. The standard InChI is InChI=1S/C12H14BrN/c1-8(2)12-11(13)9-6-4-5-7-10(9)14(12)3/h4-8H,1-3H3. The predicted molar refractivity (Wildman–Crippen MR) is 64.7 cm³/mol. The van der Waals surface area contributed by atoms with Gasteiger partial charge in [0, 0.05) is 28.1 Å². The lowest BCUT2D eigenvalue weighted by Crippen LogP contribution is -1.98. The average Bonchev–Trinajstić information content (AvgIpc) is 2.41. The van der Waals surface area contributed by atoms with Crippen LogP contribution < -0.4 is 0 Å². The van der Waals surface area contributed by atoms with Gasteiger partial charge in [-0.25, -0.2) is 0 Å². The molecule has 0 amide bonds. The summed E-state index contributed by atoms with van der Waals surface area (Å²) in [6.45, 7) is 4.44. The molecule has 1 heterocycles. The van der Waals surface area contributed by atoms with Crippen LogP contribution in [0.4, 0.5) is 0 Å². The number of hydrogen-bond acceptors (Lipinski definition) is 0. The zero-order chi connectivity index (χ0) is 10.3. The van der Waals surface area contributed by atoms with Gasteiger partial charge >= 0.3 is 0 Å². The highest BCUT2D eigenvalue weighted by molar-refractivity contribution is 9.10. The number of hydrogen-bond donors (Lipinski definition) is 0. The van der Waals surface area contributed by atoms with Gasteiger partial charge in [0.2, 0.25) is 0 Å². The molecule has 0 bridgehead atoms. The molecule has 2 aromatic rings. The molecule has 0 aliphatic rings. The molecule has 0 radical (unpaired) electrons. The fourth-order valence-electron chi connectivity index (χ4n) is 2.01. The summed E-state index contributed by atoms with van der Waals surface area (Å²) in [5.74, 6) is 0.543. The van der Waals surface area contributed by atoms with Gasteiger partial charge in [-0.3, -0.25) is 0 Å². The normalized spacial score (nSPS) is 11.5. The second-order valence-electron chi connectivity index (χ2n) is 3.93. The van der Waals surface area contributed by atoms with Gasteiger partial charge in [0.15, 0.2) is 0 Å². The maximum Gasteiger partial charge on any atom is 0.0491 e. The molecule has 14 heavy (non-hydrogen) atoms. The third-order valence-corrected chi connectivity index (χ3v) is 3.47.